The molecule has 5 heteroatoms. The van der Waals surface area contributed by atoms with Crippen molar-refractivity contribution in [3.05, 3.63) is 42.4 Å². The third kappa shape index (κ3) is 1.40. The zero-order chi connectivity index (χ0) is 11.8. The van der Waals surface area contributed by atoms with Gasteiger partial charge >= 0.3 is 5.97 Å². The fourth-order valence-corrected chi connectivity index (χ4v) is 1.80. The molecule has 1 aromatic carbocycles. The number of pyridine rings is 1. The Kier molecular flexibility index (Phi) is 1.98. The first-order chi connectivity index (χ1) is 8.27. The summed E-state index contributed by atoms with van der Waals surface area (Å²) in [6, 6.07) is 7.28. The van der Waals surface area contributed by atoms with E-state index in [1.54, 1.807) is 12.3 Å². The van der Waals surface area contributed by atoms with Gasteiger partial charge in [0.2, 0.25) is 0 Å². The number of fused-ring (bicyclic) bond motifs is 3. The molecule has 0 fully saturated rings. The molecule has 0 amide bonds. The van der Waals surface area contributed by atoms with E-state index in [9.17, 15) is 4.79 Å². The molecule has 82 valence electrons. The number of aromatic nitrogens is 3. The fraction of sp³-hybridized carbons (Fsp3) is 0. The van der Waals surface area contributed by atoms with Crippen LogP contribution in [-0.2, 0) is 0 Å². The van der Waals surface area contributed by atoms with Gasteiger partial charge in [-0.3, -0.25) is 9.97 Å². The lowest BCUT2D eigenvalue weighted by Gasteiger charge is -2.04. The number of rotatable bonds is 1. The third-order valence-corrected chi connectivity index (χ3v) is 2.52. The van der Waals surface area contributed by atoms with E-state index in [1.165, 1.54) is 6.20 Å². The molecule has 3 rings (SSSR count). The van der Waals surface area contributed by atoms with E-state index >= 15 is 0 Å². The molecule has 0 radical (unpaired) electrons. The minimum absolute atomic E-state index is 0.0631. The Balaban J connectivity index is 2.59. The number of aromatic carboxylic acids is 1. The van der Waals surface area contributed by atoms with Gasteiger partial charge in [0.25, 0.3) is 0 Å². The Bertz CT molecular complexity index is 740. The van der Waals surface area contributed by atoms with Crippen molar-refractivity contribution < 1.29 is 9.90 Å². The van der Waals surface area contributed by atoms with Crippen molar-refractivity contribution in [2.24, 2.45) is 0 Å². The highest BCUT2D eigenvalue weighted by molar-refractivity contribution is 6.09. The fourth-order valence-electron chi connectivity index (χ4n) is 1.80. The van der Waals surface area contributed by atoms with Crippen LogP contribution in [0.25, 0.3) is 21.9 Å². The van der Waals surface area contributed by atoms with Crippen molar-refractivity contribution in [2.45, 2.75) is 0 Å². The summed E-state index contributed by atoms with van der Waals surface area (Å²) in [6.07, 6.45) is 3.01. The largest absolute Gasteiger partial charge is 0.476 e. The molecule has 2 heterocycles. The number of hydrogen-bond donors (Lipinski definition) is 1. The molecule has 0 atom stereocenters. The van der Waals surface area contributed by atoms with Gasteiger partial charge in [0.15, 0.2) is 5.69 Å². The van der Waals surface area contributed by atoms with Crippen LogP contribution >= 0.6 is 0 Å². The quantitative estimate of drug-likeness (QED) is 0.640. The molecule has 0 spiro atoms. The van der Waals surface area contributed by atoms with Gasteiger partial charge in [0.1, 0.15) is 11.0 Å². The van der Waals surface area contributed by atoms with Crippen molar-refractivity contribution in [1.82, 2.24) is 15.0 Å². The van der Waals surface area contributed by atoms with Crippen molar-refractivity contribution in [1.29, 1.82) is 0 Å². The topological polar surface area (TPSA) is 76.0 Å². The van der Waals surface area contributed by atoms with Gasteiger partial charge in [-0.25, -0.2) is 9.78 Å². The molecule has 0 saturated heterocycles. The predicted octanol–water partition coefficient (Wildman–Crippen LogP) is 1.88. The minimum atomic E-state index is -1.10. The molecule has 5 nitrogen and oxygen atoms in total. The number of para-hydroxylation sites is 1. The molecule has 0 aliphatic heterocycles. The second-order valence-electron chi connectivity index (χ2n) is 3.54. The average Bonchev–Trinajstić information content (AvgIpc) is 2.37. The van der Waals surface area contributed by atoms with Crippen LogP contribution in [0.2, 0.25) is 0 Å². The number of carboxylic acids is 1. The molecule has 17 heavy (non-hydrogen) atoms. The zero-order valence-corrected chi connectivity index (χ0v) is 8.66. The molecule has 0 saturated carbocycles. The Morgan fingerprint density at radius 1 is 1.06 bits per heavy atom. The van der Waals surface area contributed by atoms with Crippen LogP contribution in [0, 0.1) is 0 Å². The van der Waals surface area contributed by atoms with Crippen LogP contribution in [0.4, 0.5) is 0 Å². The summed E-state index contributed by atoms with van der Waals surface area (Å²) in [4.78, 5) is 23.5. The van der Waals surface area contributed by atoms with Crippen molar-refractivity contribution >= 4 is 27.9 Å². The number of carboxylic acid groups (broad SMARTS) is 1. The van der Waals surface area contributed by atoms with E-state index in [0.29, 0.717) is 16.6 Å². The SMILES string of the molecule is O=C(O)c1nc2ccccc2c2nccnc12. The van der Waals surface area contributed by atoms with Gasteiger partial charge in [-0.05, 0) is 6.07 Å². The van der Waals surface area contributed by atoms with E-state index < -0.39 is 5.97 Å². The first-order valence-electron chi connectivity index (χ1n) is 5.00. The first kappa shape index (κ1) is 9.65. The van der Waals surface area contributed by atoms with E-state index in [2.05, 4.69) is 15.0 Å². The number of benzene rings is 1. The van der Waals surface area contributed by atoms with E-state index in [0.717, 1.165) is 5.39 Å². The molecule has 0 unspecified atom stereocenters. The van der Waals surface area contributed by atoms with Crippen molar-refractivity contribution in [2.75, 3.05) is 0 Å². The van der Waals surface area contributed by atoms with Crippen molar-refractivity contribution in [3.63, 3.8) is 0 Å². The summed E-state index contributed by atoms with van der Waals surface area (Å²) in [7, 11) is 0. The normalized spacial score (nSPS) is 10.8. The molecule has 0 aliphatic carbocycles. The summed E-state index contributed by atoms with van der Waals surface area (Å²) in [5.41, 5.74) is 1.43. The Labute approximate surface area is 95.8 Å². The standard InChI is InChI=1S/C12H7N3O2/c16-12(17)11-10-9(13-5-6-14-10)7-3-1-2-4-8(7)15-11/h1-6H,(H,16,17). The highest BCUT2D eigenvalue weighted by atomic mass is 16.4. The molecular weight excluding hydrogens is 218 g/mol. The van der Waals surface area contributed by atoms with Crippen LogP contribution < -0.4 is 0 Å². The molecular formula is C12H7N3O2. The third-order valence-electron chi connectivity index (χ3n) is 2.52. The zero-order valence-electron chi connectivity index (χ0n) is 8.66. The van der Waals surface area contributed by atoms with Gasteiger partial charge in [-0.1, -0.05) is 18.2 Å². The van der Waals surface area contributed by atoms with Gasteiger partial charge in [-0.2, -0.15) is 0 Å². The highest BCUT2D eigenvalue weighted by Gasteiger charge is 2.15. The molecule has 2 aromatic heterocycles. The Morgan fingerprint density at radius 2 is 1.76 bits per heavy atom. The first-order valence-corrected chi connectivity index (χ1v) is 5.00. The lowest BCUT2D eigenvalue weighted by atomic mass is 10.1. The van der Waals surface area contributed by atoms with Crippen LogP contribution in [0.5, 0.6) is 0 Å². The smallest absolute Gasteiger partial charge is 0.356 e. The summed E-state index contributed by atoms with van der Waals surface area (Å²) < 4.78 is 0. The maximum atomic E-state index is 11.1. The summed E-state index contributed by atoms with van der Waals surface area (Å²) in [5.74, 6) is -1.10. The molecule has 3 aromatic rings. The lowest BCUT2D eigenvalue weighted by Crippen LogP contribution is -2.04. The lowest BCUT2D eigenvalue weighted by molar-refractivity contribution is 0.0693. The molecule has 0 bridgehead atoms. The van der Waals surface area contributed by atoms with E-state index in [1.807, 2.05) is 18.2 Å². The van der Waals surface area contributed by atoms with Crippen LogP contribution in [0.15, 0.2) is 36.7 Å². The minimum Gasteiger partial charge on any atom is -0.476 e. The number of carbonyl (C=O) groups is 1. The van der Waals surface area contributed by atoms with Gasteiger partial charge < -0.3 is 5.11 Å². The summed E-state index contributed by atoms with van der Waals surface area (Å²) >= 11 is 0. The van der Waals surface area contributed by atoms with Crippen molar-refractivity contribution in [3.8, 4) is 0 Å². The second-order valence-corrected chi connectivity index (χ2v) is 3.54. The Morgan fingerprint density at radius 3 is 2.53 bits per heavy atom. The van der Waals surface area contributed by atoms with E-state index in [-0.39, 0.29) is 5.69 Å². The van der Waals surface area contributed by atoms with Crippen LogP contribution in [0.1, 0.15) is 10.5 Å². The summed E-state index contributed by atoms with van der Waals surface area (Å²) in [5, 5.41) is 9.92. The van der Waals surface area contributed by atoms with Gasteiger partial charge in [0, 0.05) is 17.8 Å². The molecule has 1 N–H and O–H groups in total. The maximum Gasteiger partial charge on any atom is 0.356 e. The van der Waals surface area contributed by atoms with Gasteiger partial charge in [0.05, 0.1) is 5.52 Å². The maximum absolute atomic E-state index is 11.1. The predicted molar refractivity (Wildman–Crippen MR) is 61.8 cm³/mol. The average molecular weight is 225 g/mol. The van der Waals surface area contributed by atoms with Crippen LogP contribution in [0.3, 0.4) is 0 Å². The highest BCUT2D eigenvalue weighted by Crippen LogP contribution is 2.22. The van der Waals surface area contributed by atoms with Crippen LogP contribution in [-0.4, -0.2) is 26.0 Å². The Hall–Kier alpha value is -2.56. The molecule has 0 aliphatic rings. The second kappa shape index (κ2) is 3.48. The summed E-state index contributed by atoms with van der Waals surface area (Å²) in [6.45, 7) is 0. The number of hydrogen-bond acceptors (Lipinski definition) is 4. The van der Waals surface area contributed by atoms with Gasteiger partial charge in [-0.15, -0.1) is 0 Å². The number of nitrogens with zero attached hydrogens (tertiary/aromatic N) is 3. The van der Waals surface area contributed by atoms with E-state index in [4.69, 9.17) is 5.11 Å². The monoisotopic (exact) mass is 225 g/mol.